The summed E-state index contributed by atoms with van der Waals surface area (Å²) in [6, 6.07) is 8.62. The molecule has 0 N–H and O–H groups in total. The second-order valence-electron chi connectivity index (χ2n) is 3.14. The summed E-state index contributed by atoms with van der Waals surface area (Å²) in [5, 5.41) is 4.38. The topological polar surface area (TPSA) is 14.1 Å². The Morgan fingerprint density at radius 1 is 1.33 bits per heavy atom. The average molecular weight is 272 g/mol. The van der Waals surface area contributed by atoms with Gasteiger partial charge >= 0.3 is 0 Å². The monoisotopic (exact) mass is 272 g/mol. The number of halogens is 1. The Hall–Kier alpha value is -0.0900. The highest BCUT2D eigenvalue weighted by Gasteiger charge is 2.18. The molecule has 1 aromatic rings. The van der Waals surface area contributed by atoms with E-state index in [4.69, 9.17) is 0 Å². The highest BCUT2D eigenvalue weighted by Crippen LogP contribution is 2.26. The molecule has 0 aliphatic carbocycles. The van der Waals surface area contributed by atoms with Crippen molar-refractivity contribution < 1.29 is 0 Å². The molecule has 1 unspecified atom stereocenters. The van der Waals surface area contributed by atoms with Gasteiger partial charge in [0, 0.05) is 22.6 Å². The minimum atomic E-state index is 0.693. The van der Waals surface area contributed by atoms with Crippen LogP contribution in [0.5, 0.6) is 0 Å². The van der Waals surface area contributed by atoms with Gasteiger partial charge in [-0.15, -0.1) is 0 Å². The van der Waals surface area contributed by atoms with E-state index in [1.54, 1.807) is 0 Å². The molecule has 0 bridgehead atoms. The fraction of sp³-hybridized carbons (Fsp3) is 0.400. The van der Waals surface area contributed by atoms with Crippen LogP contribution >= 0.6 is 22.6 Å². The van der Waals surface area contributed by atoms with Gasteiger partial charge in [-0.05, 0) is 40.6 Å². The van der Waals surface area contributed by atoms with Crippen LogP contribution in [-0.2, 0) is 0 Å². The van der Waals surface area contributed by atoms with E-state index in [0.29, 0.717) is 5.92 Å². The van der Waals surface area contributed by atoms with E-state index in [0.717, 1.165) is 13.1 Å². The molecule has 1 nitrogen and oxygen atoms in total. The lowest BCUT2D eigenvalue weighted by atomic mass is 9.99. The predicted octanol–water partition coefficient (Wildman–Crippen LogP) is 2.38. The van der Waals surface area contributed by atoms with Gasteiger partial charge < -0.3 is 0 Å². The van der Waals surface area contributed by atoms with Crippen LogP contribution in [0.25, 0.3) is 0 Å². The van der Waals surface area contributed by atoms with Crippen LogP contribution < -0.4 is 5.32 Å². The highest BCUT2D eigenvalue weighted by atomic mass is 127. The van der Waals surface area contributed by atoms with E-state index in [1.165, 1.54) is 15.6 Å². The Labute approximate surface area is 86.7 Å². The minimum absolute atomic E-state index is 0.693. The Morgan fingerprint density at radius 2 is 2.17 bits per heavy atom. The van der Waals surface area contributed by atoms with Gasteiger partial charge in [-0.3, -0.25) is 0 Å². The number of hydrogen-bond donors (Lipinski definition) is 0. The lowest BCUT2D eigenvalue weighted by molar-refractivity contribution is 0.755. The molecule has 2 heteroatoms. The van der Waals surface area contributed by atoms with Crippen molar-refractivity contribution in [1.82, 2.24) is 5.32 Å². The second kappa shape index (κ2) is 3.75. The highest BCUT2D eigenvalue weighted by molar-refractivity contribution is 14.1. The first kappa shape index (κ1) is 8.51. The number of nitrogens with zero attached hydrogens (tertiary/aromatic N) is 1. The molecule has 1 aromatic carbocycles. The molecule has 1 aliphatic heterocycles. The van der Waals surface area contributed by atoms with E-state index in [2.05, 4.69) is 52.2 Å². The standard InChI is InChI=1S/C10H11IN/c11-10-4-2-1-3-9(10)8-5-6-12-7-8/h1-4,8H,5-7H2. The molecule has 0 spiro atoms. The van der Waals surface area contributed by atoms with Gasteiger partial charge in [-0.1, -0.05) is 18.2 Å². The second-order valence-corrected chi connectivity index (χ2v) is 4.30. The first-order valence-electron chi connectivity index (χ1n) is 4.25. The number of benzene rings is 1. The summed E-state index contributed by atoms with van der Waals surface area (Å²) < 4.78 is 1.39. The van der Waals surface area contributed by atoms with Gasteiger partial charge in [0.1, 0.15) is 0 Å². The molecule has 0 aromatic heterocycles. The summed E-state index contributed by atoms with van der Waals surface area (Å²) in [6.07, 6.45) is 1.24. The molecule has 1 fully saturated rings. The third-order valence-corrected chi connectivity index (χ3v) is 3.31. The van der Waals surface area contributed by atoms with Gasteiger partial charge in [0.05, 0.1) is 0 Å². The molecular weight excluding hydrogens is 261 g/mol. The zero-order valence-corrected chi connectivity index (χ0v) is 8.99. The van der Waals surface area contributed by atoms with Gasteiger partial charge in [-0.2, -0.15) is 0 Å². The summed E-state index contributed by atoms with van der Waals surface area (Å²) in [5.74, 6) is 0.693. The summed E-state index contributed by atoms with van der Waals surface area (Å²) >= 11 is 2.41. The third-order valence-electron chi connectivity index (χ3n) is 2.33. The summed E-state index contributed by atoms with van der Waals surface area (Å²) in [7, 11) is 0. The predicted molar refractivity (Wildman–Crippen MR) is 58.4 cm³/mol. The Balaban J connectivity index is 2.26. The molecule has 1 aliphatic rings. The van der Waals surface area contributed by atoms with Gasteiger partial charge in [0.2, 0.25) is 0 Å². The van der Waals surface area contributed by atoms with Crippen molar-refractivity contribution >= 4 is 22.6 Å². The van der Waals surface area contributed by atoms with Crippen LogP contribution in [0.4, 0.5) is 0 Å². The quantitative estimate of drug-likeness (QED) is 0.697. The Bertz CT molecular complexity index is 266. The summed E-state index contributed by atoms with van der Waals surface area (Å²) in [5.41, 5.74) is 1.49. The average Bonchev–Trinajstić information content (AvgIpc) is 2.57. The number of rotatable bonds is 1. The van der Waals surface area contributed by atoms with Crippen LogP contribution in [0.3, 0.4) is 0 Å². The van der Waals surface area contributed by atoms with E-state index in [-0.39, 0.29) is 0 Å². The SMILES string of the molecule is Ic1ccccc1C1CC[N]C1. The zero-order valence-electron chi connectivity index (χ0n) is 6.83. The molecule has 0 amide bonds. The molecular formula is C10H11IN. The molecule has 2 rings (SSSR count). The maximum absolute atomic E-state index is 4.38. The van der Waals surface area contributed by atoms with E-state index >= 15 is 0 Å². The van der Waals surface area contributed by atoms with E-state index in [1.807, 2.05) is 0 Å². The smallest absolute Gasteiger partial charge is 0.0203 e. The third kappa shape index (κ3) is 1.64. The van der Waals surface area contributed by atoms with Crippen LogP contribution in [-0.4, -0.2) is 13.1 Å². The molecule has 12 heavy (non-hydrogen) atoms. The minimum Gasteiger partial charge on any atom is -0.241 e. The molecule has 1 saturated heterocycles. The van der Waals surface area contributed by atoms with Crippen molar-refractivity contribution in [3.05, 3.63) is 33.4 Å². The molecule has 1 atom stereocenters. The Kier molecular flexibility index (Phi) is 2.66. The zero-order chi connectivity index (χ0) is 8.39. The fourth-order valence-corrected chi connectivity index (χ4v) is 2.47. The van der Waals surface area contributed by atoms with Crippen molar-refractivity contribution in [2.24, 2.45) is 0 Å². The fourth-order valence-electron chi connectivity index (χ4n) is 1.65. The van der Waals surface area contributed by atoms with Gasteiger partial charge in [-0.25, -0.2) is 5.32 Å². The lowest BCUT2D eigenvalue weighted by Crippen LogP contribution is -2.02. The van der Waals surface area contributed by atoms with Crippen LogP contribution in [0.15, 0.2) is 24.3 Å². The largest absolute Gasteiger partial charge is 0.241 e. The van der Waals surface area contributed by atoms with Crippen molar-refractivity contribution in [1.29, 1.82) is 0 Å². The first-order valence-corrected chi connectivity index (χ1v) is 5.33. The van der Waals surface area contributed by atoms with Crippen molar-refractivity contribution in [3.63, 3.8) is 0 Å². The summed E-state index contributed by atoms with van der Waals surface area (Å²) in [4.78, 5) is 0. The molecule has 1 heterocycles. The van der Waals surface area contributed by atoms with E-state index < -0.39 is 0 Å². The van der Waals surface area contributed by atoms with Crippen LogP contribution in [0.2, 0.25) is 0 Å². The maximum atomic E-state index is 4.38. The lowest BCUT2D eigenvalue weighted by Gasteiger charge is -2.09. The number of hydrogen-bond acceptors (Lipinski definition) is 0. The Morgan fingerprint density at radius 3 is 2.83 bits per heavy atom. The molecule has 0 saturated carbocycles. The van der Waals surface area contributed by atoms with Crippen LogP contribution in [0.1, 0.15) is 17.9 Å². The normalized spacial score (nSPS) is 22.9. The van der Waals surface area contributed by atoms with Crippen molar-refractivity contribution in [2.45, 2.75) is 12.3 Å². The van der Waals surface area contributed by atoms with Crippen molar-refractivity contribution in [3.8, 4) is 0 Å². The van der Waals surface area contributed by atoms with Crippen LogP contribution in [0, 0.1) is 3.57 Å². The summed E-state index contributed by atoms with van der Waals surface area (Å²) in [6.45, 7) is 2.08. The maximum Gasteiger partial charge on any atom is 0.0203 e. The first-order chi connectivity index (χ1) is 5.88. The molecule has 1 radical (unpaired) electrons. The van der Waals surface area contributed by atoms with E-state index in [9.17, 15) is 0 Å². The van der Waals surface area contributed by atoms with Gasteiger partial charge in [0.25, 0.3) is 0 Å². The molecule has 63 valence electrons. The van der Waals surface area contributed by atoms with Crippen molar-refractivity contribution in [2.75, 3.05) is 13.1 Å². The van der Waals surface area contributed by atoms with Gasteiger partial charge in [0.15, 0.2) is 0 Å².